The van der Waals surface area contributed by atoms with Crippen molar-refractivity contribution in [1.29, 1.82) is 0 Å². The molecule has 2 heterocycles. The third-order valence-electron chi connectivity index (χ3n) is 4.01. The molecule has 2 rings (SSSR count). The predicted molar refractivity (Wildman–Crippen MR) is 84.8 cm³/mol. The molecular weight excluding hydrogens is 288 g/mol. The Kier molecular flexibility index (Phi) is 4.42. The van der Waals surface area contributed by atoms with Gasteiger partial charge in [0.05, 0.1) is 12.5 Å². The van der Waals surface area contributed by atoms with E-state index in [4.69, 9.17) is 16.3 Å². The second-order valence-corrected chi connectivity index (χ2v) is 7.17. The summed E-state index contributed by atoms with van der Waals surface area (Å²) in [6, 6.07) is 0. The van der Waals surface area contributed by atoms with Crippen LogP contribution in [0.15, 0.2) is 6.33 Å². The van der Waals surface area contributed by atoms with Crippen molar-refractivity contribution in [1.82, 2.24) is 19.5 Å². The van der Waals surface area contributed by atoms with E-state index in [-0.39, 0.29) is 10.8 Å². The molecule has 0 saturated carbocycles. The summed E-state index contributed by atoms with van der Waals surface area (Å²) in [6.45, 7) is 11.7. The van der Waals surface area contributed by atoms with Gasteiger partial charge in [0.2, 0.25) is 5.88 Å². The highest BCUT2D eigenvalue weighted by atomic mass is 35.5. The Bertz CT molecular complexity index is 630. The molecule has 116 valence electrons. The van der Waals surface area contributed by atoms with Crippen molar-refractivity contribution in [3.05, 3.63) is 12.2 Å². The van der Waals surface area contributed by atoms with Crippen LogP contribution in [-0.4, -0.2) is 26.6 Å². The molecule has 0 aliphatic rings. The molecule has 2 aromatic rings. The lowest BCUT2D eigenvalue weighted by Gasteiger charge is -2.28. The molecule has 2 atom stereocenters. The minimum atomic E-state index is -0.198. The first-order valence-corrected chi connectivity index (χ1v) is 7.58. The van der Waals surface area contributed by atoms with Gasteiger partial charge in [0.1, 0.15) is 12.2 Å². The van der Waals surface area contributed by atoms with Gasteiger partial charge >= 0.3 is 0 Å². The van der Waals surface area contributed by atoms with Gasteiger partial charge in [-0.25, -0.2) is 9.97 Å². The van der Waals surface area contributed by atoms with Crippen LogP contribution in [0.2, 0.25) is 0 Å². The normalized spacial score (nSPS) is 15.2. The van der Waals surface area contributed by atoms with Crippen molar-refractivity contribution in [2.24, 2.45) is 11.3 Å². The number of hydrogen-bond donors (Lipinski definition) is 0. The van der Waals surface area contributed by atoms with Gasteiger partial charge in [0.25, 0.3) is 0 Å². The van der Waals surface area contributed by atoms with Gasteiger partial charge in [-0.05, 0) is 18.3 Å². The van der Waals surface area contributed by atoms with Gasteiger partial charge in [0.15, 0.2) is 11.2 Å². The standard InChI is InChI=1S/C15H23ClN4O/c1-9(15(3,4)5)7-20-12(10(2)16)19-11-13(20)17-8-18-14(11)21-6/h8-10H,7H2,1-6H3. The van der Waals surface area contributed by atoms with E-state index in [1.165, 1.54) is 6.33 Å². The topological polar surface area (TPSA) is 52.8 Å². The minimum absolute atomic E-state index is 0.195. The number of imidazole rings is 1. The summed E-state index contributed by atoms with van der Waals surface area (Å²) in [5.41, 5.74) is 1.64. The van der Waals surface area contributed by atoms with E-state index in [0.29, 0.717) is 17.3 Å². The summed E-state index contributed by atoms with van der Waals surface area (Å²) in [6.07, 6.45) is 1.50. The molecule has 0 aromatic carbocycles. The van der Waals surface area contributed by atoms with Gasteiger partial charge in [-0.15, -0.1) is 11.6 Å². The van der Waals surface area contributed by atoms with E-state index in [2.05, 4.69) is 47.2 Å². The predicted octanol–water partition coefficient (Wildman–Crippen LogP) is 3.82. The fourth-order valence-electron chi connectivity index (χ4n) is 2.11. The zero-order chi connectivity index (χ0) is 15.8. The van der Waals surface area contributed by atoms with Crippen LogP contribution >= 0.6 is 11.6 Å². The Hall–Kier alpha value is -1.36. The summed E-state index contributed by atoms with van der Waals surface area (Å²) >= 11 is 6.30. The molecule has 2 unspecified atom stereocenters. The van der Waals surface area contributed by atoms with Crippen LogP contribution in [0.5, 0.6) is 5.88 Å². The number of halogens is 1. The van der Waals surface area contributed by atoms with Crippen molar-refractivity contribution < 1.29 is 4.74 Å². The molecule has 0 amide bonds. The second kappa shape index (κ2) is 5.79. The molecule has 0 fully saturated rings. The first kappa shape index (κ1) is 16.0. The third kappa shape index (κ3) is 3.12. The van der Waals surface area contributed by atoms with E-state index in [1.54, 1.807) is 7.11 Å². The molecular formula is C15H23ClN4O. The molecule has 6 heteroatoms. The zero-order valence-electron chi connectivity index (χ0n) is 13.5. The molecule has 0 aliphatic heterocycles. The molecule has 0 aliphatic carbocycles. The average Bonchev–Trinajstić information content (AvgIpc) is 2.76. The highest BCUT2D eigenvalue weighted by Gasteiger charge is 2.25. The first-order valence-electron chi connectivity index (χ1n) is 7.15. The van der Waals surface area contributed by atoms with Crippen molar-refractivity contribution in [3.8, 4) is 5.88 Å². The summed E-state index contributed by atoms with van der Waals surface area (Å²) in [5.74, 6) is 1.74. The Labute approximate surface area is 130 Å². The van der Waals surface area contributed by atoms with Gasteiger partial charge in [-0.2, -0.15) is 4.98 Å². The highest BCUT2D eigenvalue weighted by molar-refractivity contribution is 6.20. The van der Waals surface area contributed by atoms with Crippen LogP contribution in [0, 0.1) is 11.3 Å². The summed E-state index contributed by atoms with van der Waals surface area (Å²) in [5, 5.41) is -0.198. The second-order valence-electron chi connectivity index (χ2n) is 6.52. The van der Waals surface area contributed by atoms with Gasteiger partial charge in [0, 0.05) is 6.54 Å². The number of alkyl halides is 1. The number of hydrogen-bond acceptors (Lipinski definition) is 4. The lowest BCUT2D eigenvalue weighted by atomic mass is 9.82. The van der Waals surface area contributed by atoms with E-state index in [1.807, 2.05) is 6.92 Å². The average molecular weight is 311 g/mol. The monoisotopic (exact) mass is 310 g/mol. The maximum Gasteiger partial charge on any atom is 0.245 e. The van der Waals surface area contributed by atoms with Crippen molar-refractivity contribution in [2.45, 2.75) is 46.5 Å². The SMILES string of the molecule is COc1ncnc2c1nc(C(C)Cl)n2CC(C)C(C)(C)C. The van der Waals surface area contributed by atoms with E-state index in [9.17, 15) is 0 Å². The van der Waals surface area contributed by atoms with Crippen LogP contribution in [0.25, 0.3) is 11.2 Å². The number of fused-ring (bicyclic) bond motifs is 1. The number of rotatable bonds is 4. The lowest BCUT2D eigenvalue weighted by Crippen LogP contribution is -2.23. The Balaban J connectivity index is 2.57. The van der Waals surface area contributed by atoms with Gasteiger partial charge in [-0.1, -0.05) is 27.7 Å². The van der Waals surface area contributed by atoms with Crippen LogP contribution in [-0.2, 0) is 6.54 Å². The number of nitrogens with zero attached hydrogens (tertiary/aromatic N) is 4. The van der Waals surface area contributed by atoms with Crippen LogP contribution in [0.1, 0.15) is 45.8 Å². The quantitative estimate of drug-likeness (QED) is 0.806. The maximum atomic E-state index is 6.30. The molecule has 0 bridgehead atoms. The van der Waals surface area contributed by atoms with Crippen LogP contribution in [0.3, 0.4) is 0 Å². The largest absolute Gasteiger partial charge is 0.479 e. The Morgan fingerprint density at radius 2 is 1.95 bits per heavy atom. The molecule has 0 spiro atoms. The highest BCUT2D eigenvalue weighted by Crippen LogP contribution is 2.32. The van der Waals surface area contributed by atoms with Crippen LogP contribution in [0.4, 0.5) is 0 Å². The summed E-state index contributed by atoms with van der Waals surface area (Å²) in [7, 11) is 1.59. The van der Waals surface area contributed by atoms with Crippen molar-refractivity contribution in [3.63, 3.8) is 0 Å². The van der Waals surface area contributed by atoms with E-state index < -0.39 is 0 Å². The van der Waals surface area contributed by atoms with Crippen molar-refractivity contribution in [2.75, 3.05) is 7.11 Å². The summed E-state index contributed by atoms with van der Waals surface area (Å²) in [4.78, 5) is 13.1. The van der Waals surface area contributed by atoms with Crippen molar-refractivity contribution >= 4 is 22.8 Å². The van der Waals surface area contributed by atoms with E-state index >= 15 is 0 Å². The molecule has 2 aromatic heterocycles. The Morgan fingerprint density at radius 1 is 1.29 bits per heavy atom. The minimum Gasteiger partial charge on any atom is -0.479 e. The Morgan fingerprint density at radius 3 is 2.48 bits per heavy atom. The molecule has 0 saturated heterocycles. The number of ether oxygens (including phenoxy) is 1. The maximum absolute atomic E-state index is 6.30. The van der Waals surface area contributed by atoms with Gasteiger partial charge in [-0.3, -0.25) is 0 Å². The molecule has 21 heavy (non-hydrogen) atoms. The first-order chi connectivity index (χ1) is 9.75. The third-order valence-corrected chi connectivity index (χ3v) is 4.21. The fraction of sp³-hybridized carbons (Fsp3) is 0.667. The lowest BCUT2D eigenvalue weighted by molar-refractivity contribution is 0.232. The number of methoxy groups -OCH3 is 1. The zero-order valence-corrected chi connectivity index (χ0v) is 14.3. The number of aromatic nitrogens is 4. The smallest absolute Gasteiger partial charge is 0.245 e. The fourth-order valence-corrected chi connectivity index (χ4v) is 2.28. The molecule has 5 nitrogen and oxygen atoms in total. The van der Waals surface area contributed by atoms with E-state index in [0.717, 1.165) is 18.0 Å². The summed E-state index contributed by atoms with van der Waals surface area (Å²) < 4.78 is 7.37. The van der Waals surface area contributed by atoms with Gasteiger partial charge < -0.3 is 9.30 Å². The van der Waals surface area contributed by atoms with Crippen LogP contribution < -0.4 is 4.74 Å². The molecule has 0 N–H and O–H groups in total. The molecule has 0 radical (unpaired) electrons.